The number of carbonyl (C=O) groups is 2. The molecule has 2 nitrogen and oxygen atoms in total. The molecule has 0 spiro atoms. The average molecular weight is 316 g/mol. The first-order valence-electron chi connectivity index (χ1n) is 6.91. The second-order valence-electron chi connectivity index (χ2n) is 5.21. The molecule has 116 valence electrons. The molecule has 0 N–H and O–H groups in total. The number of ketones is 2. The van der Waals surface area contributed by atoms with Crippen molar-refractivity contribution in [2.45, 2.75) is 12.6 Å². The van der Waals surface area contributed by atoms with E-state index in [1.165, 1.54) is 6.07 Å². The summed E-state index contributed by atoms with van der Waals surface area (Å²) < 4.78 is 37.0. The highest BCUT2D eigenvalue weighted by Crippen LogP contribution is 2.29. The van der Waals surface area contributed by atoms with Crippen LogP contribution in [0.25, 0.3) is 21.5 Å². The van der Waals surface area contributed by atoms with Gasteiger partial charge in [0.15, 0.2) is 5.78 Å². The van der Waals surface area contributed by atoms with Crippen molar-refractivity contribution >= 4 is 33.1 Å². The summed E-state index contributed by atoms with van der Waals surface area (Å²) in [5.41, 5.74) is 0.130. The second-order valence-corrected chi connectivity index (χ2v) is 5.21. The van der Waals surface area contributed by atoms with E-state index in [2.05, 4.69) is 0 Å². The molecular formula is C18H11F3O2. The average Bonchev–Trinajstić information content (AvgIpc) is 2.53. The zero-order valence-electron chi connectivity index (χ0n) is 11.9. The van der Waals surface area contributed by atoms with Crippen molar-refractivity contribution in [2.24, 2.45) is 0 Å². The number of Topliss-reactive ketones (excluding diaryl/α,β-unsaturated/α-hetero) is 2. The molecule has 0 amide bonds. The number of rotatable bonds is 3. The maximum atomic E-state index is 12.3. The van der Waals surface area contributed by atoms with Gasteiger partial charge in [0.25, 0.3) is 0 Å². The molecule has 0 heterocycles. The fourth-order valence-electron chi connectivity index (χ4n) is 2.62. The number of hydrogen-bond donors (Lipinski definition) is 0. The van der Waals surface area contributed by atoms with Crippen molar-refractivity contribution in [1.29, 1.82) is 0 Å². The monoisotopic (exact) mass is 316 g/mol. The fraction of sp³-hybridized carbons (Fsp3) is 0.111. The SMILES string of the molecule is O=C(CC(=O)C(F)(F)F)c1cccc2c1ccc1ccccc12. The van der Waals surface area contributed by atoms with Crippen LogP contribution in [0.2, 0.25) is 0 Å². The largest absolute Gasteiger partial charge is 0.450 e. The first-order valence-corrected chi connectivity index (χ1v) is 6.91. The van der Waals surface area contributed by atoms with E-state index >= 15 is 0 Å². The lowest BCUT2D eigenvalue weighted by Crippen LogP contribution is -2.25. The highest BCUT2D eigenvalue weighted by molar-refractivity contribution is 6.19. The van der Waals surface area contributed by atoms with Crippen molar-refractivity contribution in [3.05, 3.63) is 60.2 Å². The van der Waals surface area contributed by atoms with Gasteiger partial charge in [-0.1, -0.05) is 54.6 Å². The molecule has 0 aromatic heterocycles. The molecule has 23 heavy (non-hydrogen) atoms. The van der Waals surface area contributed by atoms with Crippen molar-refractivity contribution in [1.82, 2.24) is 0 Å². The van der Waals surface area contributed by atoms with Crippen LogP contribution in [0.5, 0.6) is 0 Å². The zero-order chi connectivity index (χ0) is 16.6. The molecule has 0 unspecified atom stereocenters. The Morgan fingerprint density at radius 2 is 1.48 bits per heavy atom. The molecule has 0 radical (unpaired) electrons. The lowest BCUT2D eigenvalue weighted by atomic mass is 9.95. The first-order chi connectivity index (χ1) is 10.9. The maximum Gasteiger partial charge on any atom is 0.450 e. The van der Waals surface area contributed by atoms with Crippen LogP contribution in [0.1, 0.15) is 16.8 Å². The lowest BCUT2D eigenvalue weighted by molar-refractivity contribution is -0.170. The predicted molar refractivity (Wildman–Crippen MR) is 81.5 cm³/mol. The van der Waals surface area contributed by atoms with Crippen molar-refractivity contribution in [3.63, 3.8) is 0 Å². The van der Waals surface area contributed by atoms with Crippen LogP contribution in [0, 0.1) is 0 Å². The molecule has 3 aromatic carbocycles. The third-order valence-electron chi connectivity index (χ3n) is 3.72. The molecular weight excluding hydrogens is 305 g/mol. The molecule has 3 rings (SSSR count). The number of benzene rings is 3. The first kappa shape index (κ1) is 15.2. The quantitative estimate of drug-likeness (QED) is 0.399. The molecule has 0 aliphatic carbocycles. The van der Waals surface area contributed by atoms with E-state index in [1.54, 1.807) is 24.3 Å². The summed E-state index contributed by atoms with van der Waals surface area (Å²) in [5, 5.41) is 3.19. The van der Waals surface area contributed by atoms with E-state index in [9.17, 15) is 22.8 Å². The van der Waals surface area contributed by atoms with E-state index in [0.717, 1.165) is 16.2 Å². The van der Waals surface area contributed by atoms with Gasteiger partial charge < -0.3 is 0 Å². The summed E-state index contributed by atoms with van der Waals surface area (Å²) >= 11 is 0. The molecule has 0 bridgehead atoms. The molecule has 3 aromatic rings. The van der Waals surface area contributed by atoms with Gasteiger partial charge in [0.05, 0.1) is 6.42 Å². The summed E-state index contributed by atoms with van der Waals surface area (Å²) in [6.45, 7) is 0. The molecule has 0 atom stereocenters. The van der Waals surface area contributed by atoms with Gasteiger partial charge in [-0.25, -0.2) is 0 Å². The summed E-state index contributed by atoms with van der Waals surface area (Å²) in [7, 11) is 0. The Bertz CT molecular complexity index is 926. The van der Waals surface area contributed by atoms with Gasteiger partial charge in [0.1, 0.15) is 0 Å². The van der Waals surface area contributed by atoms with Gasteiger partial charge in [-0.05, 0) is 21.5 Å². The summed E-state index contributed by atoms with van der Waals surface area (Å²) in [4.78, 5) is 23.2. The Hall–Kier alpha value is -2.69. The van der Waals surface area contributed by atoms with E-state index in [0.29, 0.717) is 5.39 Å². The standard InChI is InChI=1S/C18H11F3O2/c19-18(20,21)17(23)10-16(22)15-7-3-6-13-12-5-2-1-4-11(12)8-9-14(13)15/h1-9H,10H2. The molecule has 0 aliphatic heterocycles. The van der Waals surface area contributed by atoms with Crippen LogP contribution in [0.15, 0.2) is 54.6 Å². The van der Waals surface area contributed by atoms with Crippen LogP contribution in [0.4, 0.5) is 13.2 Å². The molecule has 0 fully saturated rings. The highest BCUT2D eigenvalue weighted by atomic mass is 19.4. The molecule has 0 saturated heterocycles. The second kappa shape index (κ2) is 5.50. The van der Waals surface area contributed by atoms with Gasteiger partial charge in [-0.3, -0.25) is 9.59 Å². The molecule has 5 heteroatoms. The van der Waals surface area contributed by atoms with Crippen molar-refractivity contribution in [2.75, 3.05) is 0 Å². The molecule has 0 saturated carbocycles. The highest BCUT2D eigenvalue weighted by Gasteiger charge is 2.39. The third kappa shape index (κ3) is 2.82. The minimum absolute atomic E-state index is 0.130. The van der Waals surface area contributed by atoms with Gasteiger partial charge >= 0.3 is 6.18 Å². The Morgan fingerprint density at radius 1 is 0.783 bits per heavy atom. The number of alkyl halides is 3. The van der Waals surface area contributed by atoms with E-state index in [-0.39, 0.29) is 5.56 Å². The smallest absolute Gasteiger partial charge is 0.294 e. The number of fused-ring (bicyclic) bond motifs is 3. The maximum absolute atomic E-state index is 12.3. The minimum atomic E-state index is -4.99. The van der Waals surface area contributed by atoms with Gasteiger partial charge in [-0.2, -0.15) is 13.2 Å². The Morgan fingerprint density at radius 3 is 2.22 bits per heavy atom. The van der Waals surface area contributed by atoms with Crippen molar-refractivity contribution < 1.29 is 22.8 Å². The minimum Gasteiger partial charge on any atom is -0.294 e. The zero-order valence-corrected chi connectivity index (χ0v) is 11.9. The van der Waals surface area contributed by atoms with Crippen molar-refractivity contribution in [3.8, 4) is 0 Å². The van der Waals surface area contributed by atoms with E-state index < -0.39 is 24.2 Å². The third-order valence-corrected chi connectivity index (χ3v) is 3.72. The summed E-state index contributed by atoms with van der Waals surface area (Å²) in [6.07, 6.45) is -6.16. The fourth-order valence-corrected chi connectivity index (χ4v) is 2.62. The Balaban J connectivity index is 2.10. The lowest BCUT2D eigenvalue weighted by Gasteiger charge is -2.09. The summed E-state index contributed by atoms with van der Waals surface area (Å²) in [6, 6.07) is 15.9. The van der Waals surface area contributed by atoms with Crippen LogP contribution in [-0.4, -0.2) is 17.7 Å². The van der Waals surface area contributed by atoms with E-state index in [1.807, 2.05) is 24.3 Å². The predicted octanol–water partition coefficient (Wildman–Crippen LogP) is 4.70. The van der Waals surface area contributed by atoms with Crippen LogP contribution in [0.3, 0.4) is 0 Å². The number of halogens is 3. The van der Waals surface area contributed by atoms with Crippen LogP contribution >= 0.6 is 0 Å². The Kier molecular flexibility index (Phi) is 3.64. The number of carbonyl (C=O) groups excluding carboxylic acids is 2. The topological polar surface area (TPSA) is 34.1 Å². The molecule has 0 aliphatic rings. The summed E-state index contributed by atoms with van der Waals surface area (Å²) in [5.74, 6) is -2.85. The normalized spacial score (nSPS) is 11.8. The van der Waals surface area contributed by atoms with E-state index in [4.69, 9.17) is 0 Å². The number of hydrogen-bond acceptors (Lipinski definition) is 2. The van der Waals surface area contributed by atoms with Crippen LogP contribution < -0.4 is 0 Å². The Labute approximate surface area is 129 Å². The van der Waals surface area contributed by atoms with Gasteiger partial charge in [-0.15, -0.1) is 0 Å². The van der Waals surface area contributed by atoms with Gasteiger partial charge in [0.2, 0.25) is 5.78 Å². The van der Waals surface area contributed by atoms with Crippen LogP contribution in [-0.2, 0) is 4.79 Å². The van der Waals surface area contributed by atoms with Gasteiger partial charge in [0, 0.05) is 5.56 Å².